The fourth-order valence-corrected chi connectivity index (χ4v) is 3.70. The highest BCUT2D eigenvalue weighted by Gasteiger charge is 2.37. The maximum Gasteiger partial charge on any atom is 0.357 e. The summed E-state index contributed by atoms with van der Waals surface area (Å²) in [6.07, 6.45) is 0.179. The Morgan fingerprint density at radius 2 is 2.00 bits per heavy atom. The number of nitrogens with zero attached hydrogens (tertiary/aromatic N) is 2. The largest absolute Gasteiger partial charge is 0.464 e. The van der Waals surface area contributed by atoms with Crippen molar-refractivity contribution in [2.24, 2.45) is 0 Å². The van der Waals surface area contributed by atoms with Crippen LogP contribution in [0.5, 0.6) is 0 Å². The maximum absolute atomic E-state index is 12.5. The number of carbonyl (C=O) groups excluding carboxylic acids is 4. The number of ether oxygens (including phenoxy) is 1. The average Bonchev–Trinajstić information content (AvgIpc) is 3.20. The van der Waals surface area contributed by atoms with Gasteiger partial charge in [0, 0.05) is 11.3 Å². The molecule has 0 spiro atoms. The minimum Gasteiger partial charge on any atom is -0.464 e. The zero-order valence-electron chi connectivity index (χ0n) is 15.9. The number of imide groups is 1. The zero-order chi connectivity index (χ0) is 21.0. The highest BCUT2D eigenvalue weighted by molar-refractivity contribution is 7.16. The molecule has 1 saturated heterocycles. The van der Waals surface area contributed by atoms with Gasteiger partial charge in [0.1, 0.15) is 6.04 Å². The molecule has 1 aromatic carbocycles. The summed E-state index contributed by atoms with van der Waals surface area (Å²) in [5.74, 6) is -1.29. The van der Waals surface area contributed by atoms with Crippen LogP contribution in [0, 0.1) is 6.92 Å². The predicted octanol–water partition coefficient (Wildman–Crippen LogP) is 2.08. The zero-order valence-corrected chi connectivity index (χ0v) is 16.7. The molecule has 1 aliphatic heterocycles. The van der Waals surface area contributed by atoms with Gasteiger partial charge < -0.3 is 15.4 Å². The van der Waals surface area contributed by atoms with E-state index in [2.05, 4.69) is 20.4 Å². The number of methoxy groups -OCH3 is 1. The van der Waals surface area contributed by atoms with Crippen molar-refractivity contribution in [2.45, 2.75) is 32.4 Å². The Morgan fingerprint density at radius 1 is 1.28 bits per heavy atom. The monoisotopic (exact) mass is 416 g/mol. The smallest absolute Gasteiger partial charge is 0.357 e. The van der Waals surface area contributed by atoms with Crippen LogP contribution >= 0.6 is 11.3 Å². The third-order valence-corrected chi connectivity index (χ3v) is 5.26. The summed E-state index contributed by atoms with van der Waals surface area (Å²) in [5.41, 5.74) is 0.998. The van der Waals surface area contributed by atoms with Crippen LogP contribution in [0.25, 0.3) is 0 Å². The lowest BCUT2D eigenvalue weighted by Gasteiger charge is -2.13. The molecular formula is C19H20N4O5S. The Bertz CT molecular complexity index is 943. The van der Waals surface area contributed by atoms with Gasteiger partial charge in [-0.25, -0.2) is 14.6 Å². The summed E-state index contributed by atoms with van der Waals surface area (Å²) in [7, 11) is 1.26. The van der Waals surface area contributed by atoms with Crippen molar-refractivity contribution in [2.75, 3.05) is 12.4 Å². The van der Waals surface area contributed by atoms with E-state index in [4.69, 9.17) is 0 Å². The summed E-state index contributed by atoms with van der Waals surface area (Å²) >= 11 is 1.16. The van der Waals surface area contributed by atoms with Crippen molar-refractivity contribution in [1.29, 1.82) is 0 Å². The van der Waals surface area contributed by atoms with Gasteiger partial charge in [0.05, 0.1) is 13.7 Å². The normalized spacial score (nSPS) is 15.9. The molecule has 0 aliphatic carbocycles. The van der Waals surface area contributed by atoms with E-state index in [1.165, 1.54) is 7.11 Å². The molecule has 2 heterocycles. The minimum atomic E-state index is -0.749. The number of aromatic nitrogens is 1. The van der Waals surface area contributed by atoms with Gasteiger partial charge in [0.2, 0.25) is 5.91 Å². The number of rotatable bonds is 7. The van der Waals surface area contributed by atoms with Gasteiger partial charge in [0.25, 0.3) is 5.91 Å². The van der Waals surface area contributed by atoms with E-state index >= 15 is 0 Å². The van der Waals surface area contributed by atoms with E-state index < -0.39 is 18.0 Å². The molecule has 1 unspecified atom stereocenters. The Hall–Kier alpha value is -3.27. The number of thiazole rings is 1. The number of amides is 4. The van der Waals surface area contributed by atoms with Gasteiger partial charge in [-0.15, -0.1) is 11.3 Å². The van der Waals surface area contributed by atoms with Crippen LogP contribution in [0.1, 0.15) is 33.8 Å². The molecule has 10 heteroatoms. The molecule has 0 radical (unpaired) electrons. The number of hydrogen-bond donors (Lipinski definition) is 2. The standard InChI is InChI=1S/C19H20N4O5S/c1-11-15(17(26)28-2)22-18(29-11)21-14(24)9-8-13-16(25)23(19(27)20-13)10-12-6-4-3-5-7-12/h3-7,13H,8-10H2,1-2H3,(H,20,27)(H,21,22,24). The maximum atomic E-state index is 12.5. The topological polar surface area (TPSA) is 118 Å². The van der Waals surface area contributed by atoms with Crippen LogP contribution in [0.3, 0.4) is 0 Å². The number of urea groups is 1. The van der Waals surface area contributed by atoms with E-state index in [9.17, 15) is 19.2 Å². The first-order chi connectivity index (χ1) is 13.9. The second kappa shape index (κ2) is 8.82. The van der Waals surface area contributed by atoms with Crippen LogP contribution < -0.4 is 10.6 Å². The summed E-state index contributed by atoms with van der Waals surface area (Å²) in [6.45, 7) is 1.89. The number of anilines is 1. The average molecular weight is 416 g/mol. The van der Waals surface area contributed by atoms with Crippen LogP contribution in [0.15, 0.2) is 30.3 Å². The Labute approximate surface area is 171 Å². The highest BCUT2D eigenvalue weighted by Crippen LogP contribution is 2.23. The molecule has 2 N–H and O–H groups in total. The molecule has 152 valence electrons. The van der Waals surface area contributed by atoms with Crippen molar-refractivity contribution in [3.63, 3.8) is 0 Å². The Morgan fingerprint density at radius 3 is 2.69 bits per heavy atom. The predicted molar refractivity (Wildman–Crippen MR) is 105 cm³/mol. The molecular weight excluding hydrogens is 396 g/mol. The summed E-state index contributed by atoms with van der Waals surface area (Å²) in [5, 5.41) is 5.50. The van der Waals surface area contributed by atoms with Gasteiger partial charge in [0.15, 0.2) is 10.8 Å². The second-order valence-corrected chi connectivity index (χ2v) is 7.62. The van der Waals surface area contributed by atoms with Crippen molar-refractivity contribution >= 4 is 40.3 Å². The van der Waals surface area contributed by atoms with Gasteiger partial charge in [-0.1, -0.05) is 30.3 Å². The van der Waals surface area contributed by atoms with Crippen LogP contribution in [0.4, 0.5) is 9.93 Å². The Kier molecular flexibility index (Phi) is 6.23. The van der Waals surface area contributed by atoms with E-state index in [-0.39, 0.29) is 42.0 Å². The number of aryl methyl sites for hydroxylation is 1. The van der Waals surface area contributed by atoms with Crippen LogP contribution in [-0.2, 0) is 20.9 Å². The second-order valence-electron chi connectivity index (χ2n) is 6.41. The lowest BCUT2D eigenvalue weighted by Crippen LogP contribution is -2.31. The van der Waals surface area contributed by atoms with Gasteiger partial charge in [-0.3, -0.25) is 14.5 Å². The third-order valence-electron chi connectivity index (χ3n) is 4.37. The molecule has 4 amide bonds. The molecule has 29 heavy (non-hydrogen) atoms. The first-order valence-corrected chi connectivity index (χ1v) is 9.72. The Balaban J connectivity index is 1.53. The molecule has 1 aliphatic rings. The molecule has 9 nitrogen and oxygen atoms in total. The number of hydrogen-bond acceptors (Lipinski definition) is 7. The molecule has 3 rings (SSSR count). The van der Waals surface area contributed by atoms with Gasteiger partial charge >= 0.3 is 12.0 Å². The minimum absolute atomic E-state index is 0.0159. The fraction of sp³-hybridized carbons (Fsp3) is 0.316. The number of carbonyl (C=O) groups is 4. The van der Waals surface area contributed by atoms with Crippen molar-refractivity contribution in [3.05, 3.63) is 46.5 Å². The summed E-state index contributed by atoms with van der Waals surface area (Å²) in [6, 6.07) is 7.97. The SMILES string of the molecule is COC(=O)c1nc(NC(=O)CCC2NC(=O)N(Cc3ccccc3)C2=O)sc1C. The molecule has 0 saturated carbocycles. The number of benzene rings is 1. The fourth-order valence-electron chi connectivity index (χ4n) is 2.88. The quantitative estimate of drug-likeness (QED) is 0.527. The lowest BCUT2D eigenvalue weighted by atomic mass is 10.1. The third kappa shape index (κ3) is 4.77. The summed E-state index contributed by atoms with van der Waals surface area (Å²) in [4.78, 5) is 54.2. The molecule has 1 aromatic heterocycles. The van der Waals surface area contributed by atoms with Gasteiger partial charge in [-0.05, 0) is 18.9 Å². The van der Waals surface area contributed by atoms with Crippen LogP contribution in [-0.4, -0.2) is 46.9 Å². The number of esters is 1. The molecule has 2 aromatic rings. The van der Waals surface area contributed by atoms with Crippen LogP contribution in [0.2, 0.25) is 0 Å². The molecule has 1 fully saturated rings. The van der Waals surface area contributed by atoms with E-state index in [0.717, 1.165) is 21.8 Å². The lowest BCUT2D eigenvalue weighted by molar-refractivity contribution is -0.128. The first-order valence-electron chi connectivity index (χ1n) is 8.90. The van der Waals surface area contributed by atoms with Crippen molar-refractivity contribution in [1.82, 2.24) is 15.2 Å². The van der Waals surface area contributed by atoms with E-state index in [1.54, 1.807) is 6.92 Å². The van der Waals surface area contributed by atoms with Crippen molar-refractivity contribution < 1.29 is 23.9 Å². The van der Waals surface area contributed by atoms with E-state index in [1.807, 2.05) is 30.3 Å². The molecule has 1 atom stereocenters. The number of nitrogens with one attached hydrogen (secondary N) is 2. The van der Waals surface area contributed by atoms with Crippen molar-refractivity contribution in [3.8, 4) is 0 Å². The van der Waals surface area contributed by atoms with E-state index in [0.29, 0.717) is 4.88 Å². The van der Waals surface area contributed by atoms with Gasteiger partial charge in [-0.2, -0.15) is 0 Å². The first kappa shape index (κ1) is 20.5. The molecule has 0 bridgehead atoms. The summed E-state index contributed by atoms with van der Waals surface area (Å²) < 4.78 is 4.64. The highest BCUT2D eigenvalue weighted by atomic mass is 32.1.